The summed E-state index contributed by atoms with van der Waals surface area (Å²) in [4.78, 5) is 16.1. The molecule has 0 aliphatic rings. The van der Waals surface area contributed by atoms with E-state index in [1.165, 1.54) is 49.6 Å². The van der Waals surface area contributed by atoms with Crippen LogP contribution in [-0.4, -0.2) is 32.7 Å². The highest BCUT2D eigenvalue weighted by Crippen LogP contribution is 2.31. The Bertz CT molecular complexity index is 1250. The van der Waals surface area contributed by atoms with Crippen molar-refractivity contribution in [2.24, 2.45) is 0 Å². The van der Waals surface area contributed by atoms with E-state index in [2.05, 4.69) is 15.0 Å². The number of amides is 1. The lowest BCUT2D eigenvalue weighted by Gasteiger charge is -2.12. The number of carbonyl (C=O) groups excluding carboxylic acids is 1. The van der Waals surface area contributed by atoms with Crippen LogP contribution in [0.3, 0.4) is 0 Å². The van der Waals surface area contributed by atoms with E-state index in [1.807, 2.05) is 0 Å². The molecule has 174 valence electrons. The van der Waals surface area contributed by atoms with Gasteiger partial charge in [0, 0.05) is 23.5 Å². The van der Waals surface area contributed by atoms with Gasteiger partial charge in [-0.15, -0.1) is 0 Å². The Morgan fingerprint density at radius 3 is 2.27 bits per heavy atom. The van der Waals surface area contributed by atoms with Gasteiger partial charge in [0.1, 0.15) is 11.5 Å². The molecular formula is C21H18F3N3O5S. The van der Waals surface area contributed by atoms with Gasteiger partial charge in [-0.2, -0.15) is 13.2 Å². The standard InChI is InChI=1S/C21H18F3N3O5S/c1-31-18-9-6-15(11-17(18)27-33(2,29)30)26-20(28)13-3-7-16(8-4-13)32-19-10-5-14(12-25-19)21(22,23)24/h3-12,27H,1-2H3,(H,26,28). The van der Waals surface area contributed by atoms with Gasteiger partial charge < -0.3 is 14.8 Å². The fourth-order valence-electron chi connectivity index (χ4n) is 2.67. The van der Waals surface area contributed by atoms with Crippen molar-refractivity contribution in [2.75, 3.05) is 23.4 Å². The second-order valence-electron chi connectivity index (χ2n) is 6.75. The largest absolute Gasteiger partial charge is 0.495 e. The predicted octanol–water partition coefficient (Wildman–Crippen LogP) is 4.53. The number of anilines is 2. The summed E-state index contributed by atoms with van der Waals surface area (Å²) >= 11 is 0. The van der Waals surface area contributed by atoms with Crippen molar-refractivity contribution < 1.29 is 35.9 Å². The maximum absolute atomic E-state index is 12.6. The van der Waals surface area contributed by atoms with Crippen LogP contribution >= 0.6 is 0 Å². The number of carbonyl (C=O) groups is 1. The third-order valence-electron chi connectivity index (χ3n) is 4.16. The lowest BCUT2D eigenvalue weighted by molar-refractivity contribution is -0.137. The Morgan fingerprint density at radius 2 is 1.73 bits per heavy atom. The fourth-order valence-corrected chi connectivity index (χ4v) is 3.23. The zero-order valence-electron chi connectivity index (χ0n) is 17.3. The minimum atomic E-state index is -4.49. The van der Waals surface area contributed by atoms with Gasteiger partial charge in [0.15, 0.2) is 0 Å². The molecule has 2 N–H and O–H groups in total. The van der Waals surface area contributed by atoms with Crippen LogP contribution in [0, 0.1) is 0 Å². The van der Waals surface area contributed by atoms with Gasteiger partial charge >= 0.3 is 6.18 Å². The maximum Gasteiger partial charge on any atom is 0.417 e. The molecule has 1 heterocycles. The van der Waals surface area contributed by atoms with E-state index in [-0.39, 0.29) is 28.6 Å². The van der Waals surface area contributed by atoms with Crippen molar-refractivity contribution >= 4 is 27.3 Å². The summed E-state index contributed by atoms with van der Waals surface area (Å²) < 4.78 is 73.7. The number of hydrogen-bond donors (Lipinski definition) is 2. The van der Waals surface area contributed by atoms with Gasteiger partial charge in [0.25, 0.3) is 5.91 Å². The normalized spacial score (nSPS) is 11.5. The molecule has 1 amide bonds. The van der Waals surface area contributed by atoms with E-state index in [0.29, 0.717) is 11.9 Å². The number of aromatic nitrogens is 1. The predicted molar refractivity (Wildman–Crippen MR) is 115 cm³/mol. The lowest BCUT2D eigenvalue weighted by Crippen LogP contribution is -2.13. The first kappa shape index (κ1) is 23.9. The van der Waals surface area contributed by atoms with Gasteiger partial charge in [-0.3, -0.25) is 9.52 Å². The number of rotatable bonds is 7. The van der Waals surface area contributed by atoms with Crippen LogP contribution in [0.5, 0.6) is 17.4 Å². The third-order valence-corrected chi connectivity index (χ3v) is 4.75. The van der Waals surface area contributed by atoms with Gasteiger partial charge in [0.2, 0.25) is 15.9 Å². The average Bonchev–Trinajstić information content (AvgIpc) is 2.73. The Balaban J connectivity index is 1.69. The molecule has 0 aliphatic heterocycles. The van der Waals surface area contributed by atoms with Gasteiger partial charge in [-0.25, -0.2) is 13.4 Å². The first-order valence-electron chi connectivity index (χ1n) is 9.23. The Kier molecular flexibility index (Phi) is 6.77. The summed E-state index contributed by atoms with van der Waals surface area (Å²) in [5.41, 5.74) is -0.154. The number of alkyl halides is 3. The molecule has 0 atom stereocenters. The highest BCUT2D eigenvalue weighted by atomic mass is 32.2. The van der Waals surface area contributed by atoms with Crippen molar-refractivity contribution in [3.63, 3.8) is 0 Å². The van der Waals surface area contributed by atoms with Crippen LogP contribution in [0.25, 0.3) is 0 Å². The van der Waals surface area contributed by atoms with Gasteiger partial charge in [-0.1, -0.05) is 0 Å². The third kappa shape index (κ3) is 6.59. The van der Waals surface area contributed by atoms with Crippen LogP contribution in [0.2, 0.25) is 0 Å². The van der Waals surface area contributed by atoms with Crippen molar-refractivity contribution in [2.45, 2.75) is 6.18 Å². The molecule has 0 aliphatic carbocycles. The smallest absolute Gasteiger partial charge is 0.417 e. The molecule has 0 saturated heterocycles. The van der Waals surface area contributed by atoms with E-state index in [9.17, 15) is 26.4 Å². The van der Waals surface area contributed by atoms with E-state index in [1.54, 1.807) is 0 Å². The second kappa shape index (κ2) is 9.36. The molecule has 0 saturated carbocycles. The second-order valence-corrected chi connectivity index (χ2v) is 8.50. The van der Waals surface area contributed by atoms with Crippen LogP contribution in [0.15, 0.2) is 60.8 Å². The minimum absolute atomic E-state index is 0.0376. The van der Waals surface area contributed by atoms with Crippen LogP contribution in [0.1, 0.15) is 15.9 Å². The monoisotopic (exact) mass is 481 g/mol. The summed E-state index contributed by atoms with van der Waals surface area (Å²) in [6.45, 7) is 0. The molecule has 3 rings (SSSR count). The molecule has 0 spiro atoms. The average molecular weight is 481 g/mol. The highest BCUT2D eigenvalue weighted by molar-refractivity contribution is 7.92. The van der Waals surface area contributed by atoms with Gasteiger partial charge in [-0.05, 0) is 48.5 Å². The van der Waals surface area contributed by atoms with Crippen molar-refractivity contribution in [3.05, 3.63) is 71.9 Å². The summed E-state index contributed by atoms with van der Waals surface area (Å²) in [5, 5.41) is 2.64. The van der Waals surface area contributed by atoms with Crippen LogP contribution in [0.4, 0.5) is 24.5 Å². The van der Waals surface area contributed by atoms with Crippen molar-refractivity contribution in [3.8, 4) is 17.4 Å². The Hall–Kier alpha value is -3.80. The number of benzene rings is 2. The molecule has 12 heteroatoms. The summed E-state index contributed by atoms with van der Waals surface area (Å²) in [6.07, 6.45) is -2.84. The zero-order chi connectivity index (χ0) is 24.2. The fraction of sp³-hybridized carbons (Fsp3) is 0.143. The van der Waals surface area contributed by atoms with Crippen LogP contribution in [-0.2, 0) is 16.2 Å². The molecule has 8 nitrogen and oxygen atoms in total. The number of nitrogens with zero attached hydrogens (tertiary/aromatic N) is 1. The van der Waals surface area contributed by atoms with Crippen LogP contribution < -0.4 is 19.5 Å². The number of pyridine rings is 1. The minimum Gasteiger partial charge on any atom is -0.495 e. The molecule has 0 radical (unpaired) electrons. The highest BCUT2D eigenvalue weighted by Gasteiger charge is 2.30. The molecule has 2 aromatic carbocycles. The van der Waals surface area contributed by atoms with Crippen molar-refractivity contribution in [1.29, 1.82) is 0 Å². The summed E-state index contributed by atoms with van der Waals surface area (Å²) in [5.74, 6) is 0.0220. The van der Waals surface area contributed by atoms with Gasteiger partial charge in [0.05, 0.1) is 24.6 Å². The number of hydrogen-bond acceptors (Lipinski definition) is 6. The van der Waals surface area contributed by atoms with E-state index in [4.69, 9.17) is 9.47 Å². The number of ether oxygens (including phenoxy) is 2. The maximum atomic E-state index is 12.6. The summed E-state index contributed by atoms with van der Waals surface area (Å²) in [6, 6.07) is 12.2. The Morgan fingerprint density at radius 1 is 1.03 bits per heavy atom. The molecule has 33 heavy (non-hydrogen) atoms. The van der Waals surface area contributed by atoms with E-state index < -0.39 is 27.7 Å². The first-order valence-corrected chi connectivity index (χ1v) is 11.1. The Labute approximate surface area is 187 Å². The molecule has 3 aromatic rings. The molecule has 0 bridgehead atoms. The number of methoxy groups -OCH3 is 1. The molecule has 0 unspecified atom stereocenters. The SMILES string of the molecule is COc1ccc(NC(=O)c2ccc(Oc3ccc(C(F)(F)F)cn3)cc2)cc1NS(C)(=O)=O. The quantitative estimate of drug-likeness (QED) is 0.514. The first-order chi connectivity index (χ1) is 15.4. The van der Waals surface area contributed by atoms with E-state index in [0.717, 1.165) is 18.4 Å². The zero-order valence-corrected chi connectivity index (χ0v) is 18.1. The summed E-state index contributed by atoms with van der Waals surface area (Å²) in [7, 11) is -2.19. The lowest BCUT2D eigenvalue weighted by atomic mass is 10.2. The topological polar surface area (TPSA) is 107 Å². The molecule has 1 aromatic heterocycles. The number of nitrogens with one attached hydrogen (secondary N) is 2. The number of halogens is 3. The molecule has 0 fully saturated rings. The van der Waals surface area contributed by atoms with E-state index >= 15 is 0 Å². The van der Waals surface area contributed by atoms with Crippen molar-refractivity contribution in [1.82, 2.24) is 4.98 Å². The molecular weight excluding hydrogens is 463 g/mol. The number of sulfonamides is 1.